The van der Waals surface area contributed by atoms with Crippen molar-refractivity contribution in [3.63, 3.8) is 0 Å². The van der Waals surface area contributed by atoms with E-state index in [1.807, 2.05) is 28.9 Å². The van der Waals surface area contributed by atoms with E-state index in [1.165, 1.54) is 12.8 Å². The van der Waals surface area contributed by atoms with Gasteiger partial charge in [-0.15, -0.1) is 0 Å². The van der Waals surface area contributed by atoms with Crippen LogP contribution in [0.1, 0.15) is 44.2 Å². The highest BCUT2D eigenvalue weighted by molar-refractivity contribution is 5.98. The lowest BCUT2D eigenvalue weighted by molar-refractivity contribution is -0.133. The Morgan fingerprint density at radius 1 is 1.24 bits per heavy atom. The maximum atomic E-state index is 13.0. The van der Waals surface area contributed by atoms with Crippen LogP contribution in [0.3, 0.4) is 0 Å². The summed E-state index contributed by atoms with van der Waals surface area (Å²) in [4.78, 5) is 27.1. The number of amides is 2. The maximum absolute atomic E-state index is 13.0. The molecule has 3 heterocycles. The predicted molar refractivity (Wildman–Crippen MR) is 104 cm³/mol. The predicted octanol–water partition coefficient (Wildman–Crippen LogP) is 2.71. The topological polar surface area (TPSA) is 85.7 Å². The van der Waals surface area contributed by atoms with Gasteiger partial charge in [-0.05, 0) is 49.8 Å². The van der Waals surface area contributed by atoms with Gasteiger partial charge >= 0.3 is 0 Å². The summed E-state index contributed by atoms with van der Waals surface area (Å²) >= 11 is 0. The number of rotatable bonds is 6. The third-order valence-corrected chi connectivity index (χ3v) is 6.03. The first-order chi connectivity index (χ1) is 14.1. The van der Waals surface area contributed by atoms with E-state index in [0.717, 1.165) is 5.56 Å². The number of hydrogen-bond donors (Lipinski definition) is 1. The zero-order chi connectivity index (χ0) is 20.0. The molecule has 2 atom stereocenters. The second-order valence-corrected chi connectivity index (χ2v) is 7.99. The normalized spacial score (nSPS) is 21.5. The number of aromatic nitrogens is 2. The molecule has 0 radical (unpaired) electrons. The lowest BCUT2D eigenvalue weighted by Gasteiger charge is -2.25. The van der Waals surface area contributed by atoms with Crippen LogP contribution in [0.4, 0.5) is 5.82 Å². The molecule has 8 nitrogen and oxygen atoms in total. The molecule has 0 bridgehead atoms. The first-order valence-electron chi connectivity index (χ1n) is 10.1. The van der Waals surface area contributed by atoms with Crippen molar-refractivity contribution in [3.05, 3.63) is 36.0 Å². The molecular formula is C21H24N4O4. The molecule has 8 heteroatoms. The second kappa shape index (κ2) is 7.09. The molecule has 5 rings (SSSR count). The number of likely N-dealkylation sites (tertiary alicyclic amines) is 1. The lowest BCUT2D eigenvalue weighted by Crippen LogP contribution is -2.41. The molecule has 2 aliphatic heterocycles. The minimum absolute atomic E-state index is 0.0114. The zero-order valence-corrected chi connectivity index (χ0v) is 16.3. The minimum Gasteiger partial charge on any atom is -0.454 e. The third-order valence-electron chi connectivity index (χ3n) is 6.03. The molecule has 0 spiro atoms. The number of nitrogens with zero attached hydrogens (tertiary/aromatic N) is 3. The van der Waals surface area contributed by atoms with Gasteiger partial charge in [0.05, 0.1) is 12.2 Å². The molecule has 1 aromatic carbocycles. The highest BCUT2D eigenvalue weighted by atomic mass is 16.7. The van der Waals surface area contributed by atoms with Gasteiger partial charge in [0.15, 0.2) is 11.5 Å². The molecule has 1 aromatic heterocycles. The fourth-order valence-electron chi connectivity index (χ4n) is 4.17. The van der Waals surface area contributed by atoms with Crippen LogP contribution >= 0.6 is 0 Å². The number of hydrogen-bond acceptors (Lipinski definition) is 5. The van der Waals surface area contributed by atoms with Crippen molar-refractivity contribution < 1.29 is 19.1 Å². The third kappa shape index (κ3) is 3.43. The van der Waals surface area contributed by atoms with Crippen LogP contribution in [-0.4, -0.2) is 39.3 Å². The van der Waals surface area contributed by atoms with Gasteiger partial charge in [-0.25, -0.2) is 4.68 Å². The van der Waals surface area contributed by atoms with Gasteiger partial charge in [-0.3, -0.25) is 9.59 Å². The summed E-state index contributed by atoms with van der Waals surface area (Å²) in [5.74, 6) is 2.52. The van der Waals surface area contributed by atoms with Crippen molar-refractivity contribution in [2.24, 2.45) is 5.92 Å². The van der Waals surface area contributed by atoms with Crippen molar-refractivity contribution in [1.82, 2.24) is 14.7 Å². The first kappa shape index (κ1) is 18.0. The SMILES string of the molecule is CC(C1CC1)n1nccc1NC(=O)C1CCC(=O)N1Cc1ccc2c(c1)OCO2. The molecule has 1 aliphatic carbocycles. The molecule has 2 unspecified atom stereocenters. The van der Waals surface area contributed by atoms with Crippen LogP contribution < -0.4 is 14.8 Å². The zero-order valence-electron chi connectivity index (χ0n) is 16.3. The molecule has 29 heavy (non-hydrogen) atoms. The van der Waals surface area contributed by atoms with E-state index in [9.17, 15) is 9.59 Å². The van der Waals surface area contributed by atoms with Crippen LogP contribution in [0.15, 0.2) is 30.5 Å². The largest absolute Gasteiger partial charge is 0.454 e. The Morgan fingerprint density at radius 2 is 2.07 bits per heavy atom. The van der Waals surface area contributed by atoms with Gasteiger partial charge in [0, 0.05) is 19.0 Å². The summed E-state index contributed by atoms with van der Waals surface area (Å²) in [6.45, 7) is 2.70. The Bertz CT molecular complexity index is 952. The quantitative estimate of drug-likeness (QED) is 0.811. The molecule has 152 valence electrons. The smallest absolute Gasteiger partial charge is 0.248 e. The Hall–Kier alpha value is -3.03. The molecule has 1 saturated heterocycles. The molecule has 2 amide bonds. The number of carbonyl (C=O) groups excluding carboxylic acids is 2. The van der Waals surface area contributed by atoms with Crippen molar-refractivity contribution in [3.8, 4) is 11.5 Å². The maximum Gasteiger partial charge on any atom is 0.248 e. The van der Waals surface area contributed by atoms with Crippen LogP contribution in [-0.2, 0) is 16.1 Å². The van der Waals surface area contributed by atoms with Crippen LogP contribution in [0.5, 0.6) is 11.5 Å². The fourth-order valence-corrected chi connectivity index (χ4v) is 4.17. The average Bonchev–Trinajstić information content (AvgIpc) is 3.11. The Labute approximate surface area is 168 Å². The van der Waals surface area contributed by atoms with E-state index >= 15 is 0 Å². The second-order valence-electron chi connectivity index (χ2n) is 7.99. The number of fused-ring (bicyclic) bond motifs is 1. The average molecular weight is 396 g/mol. The standard InChI is InChI=1S/C21H24N4O4/c1-13(15-3-4-15)25-19(8-9-22-25)23-21(27)16-5-7-20(26)24(16)11-14-2-6-17-18(10-14)29-12-28-17/h2,6,8-10,13,15-16H,3-5,7,11-12H2,1H3,(H,23,27). The molecular weight excluding hydrogens is 372 g/mol. The number of benzene rings is 1. The monoisotopic (exact) mass is 396 g/mol. The van der Waals surface area contributed by atoms with Crippen molar-refractivity contribution in [2.75, 3.05) is 12.1 Å². The summed E-state index contributed by atoms with van der Waals surface area (Å²) < 4.78 is 12.6. The van der Waals surface area contributed by atoms with Gasteiger partial charge in [-0.1, -0.05) is 6.07 Å². The van der Waals surface area contributed by atoms with Crippen molar-refractivity contribution >= 4 is 17.6 Å². The van der Waals surface area contributed by atoms with Crippen molar-refractivity contribution in [1.29, 1.82) is 0 Å². The summed E-state index contributed by atoms with van der Waals surface area (Å²) in [6.07, 6.45) is 5.00. The van der Waals surface area contributed by atoms with Crippen LogP contribution in [0.25, 0.3) is 0 Å². The number of nitrogens with one attached hydrogen (secondary N) is 1. The summed E-state index contributed by atoms with van der Waals surface area (Å²) in [7, 11) is 0. The lowest BCUT2D eigenvalue weighted by atomic mass is 10.1. The Morgan fingerprint density at radius 3 is 2.90 bits per heavy atom. The number of carbonyl (C=O) groups is 2. The Kier molecular flexibility index (Phi) is 4.41. The van der Waals surface area contributed by atoms with Gasteiger partial charge in [0.2, 0.25) is 18.6 Å². The van der Waals surface area contributed by atoms with Crippen molar-refractivity contribution in [2.45, 2.75) is 51.2 Å². The van der Waals surface area contributed by atoms with E-state index in [1.54, 1.807) is 11.1 Å². The van der Waals surface area contributed by atoms with Gasteiger partial charge < -0.3 is 19.7 Å². The van der Waals surface area contributed by atoms with E-state index in [-0.39, 0.29) is 24.6 Å². The molecule has 2 fully saturated rings. The fraction of sp³-hybridized carbons (Fsp3) is 0.476. The number of anilines is 1. The summed E-state index contributed by atoms with van der Waals surface area (Å²) in [5.41, 5.74) is 0.912. The van der Waals surface area contributed by atoms with Gasteiger partial charge in [0.1, 0.15) is 11.9 Å². The summed E-state index contributed by atoms with van der Waals surface area (Å²) in [5, 5.41) is 7.38. The summed E-state index contributed by atoms with van der Waals surface area (Å²) in [6, 6.07) is 7.19. The molecule has 2 aromatic rings. The minimum atomic E-state index is -0.493. The Balaban J connectivity index is 1.30. The molecule has 1 saturated carbocycles. The first-order valence-corrected chi connectivity index (χ1v) is 10.1. The van der Waals surface area contributed by atoms with E-state index in [4.69, 9.17) is 9.47 Å². The molecule has 1 N–H and O–H groups in total. The van der Waals surface area contributed by atoms with E-state index in [2.05, 4.69) is 17.3 Å². The molecule has 3 aliphatic rings. The van der Waals surface area contributed by atoms with E-state index in [0.29, 0.717) is 42.6 Å². The van der Waals surface area contributed by atoms with E-state index < -0.39 is 6.04 Å². The van der Waals surface area contributed by atoms with Crippen LogP contribution in [0, 0.1) is 5.92 Å². The number of ether oxygens (including phenoxy) is 2. The highest BCUT2D eigenvalue weighted by Gasteiger charge is 2.37. The van der Waals surface area contributed by atoms with Gasteiger partial charge in [0.25, 0.3) is 0 Å². The van der Waals surface area contributed by atoms with Crippen LogP contribution in [0.2, 0.25) is 0 Å². The highest BCUT2D eigenvalue weighted by Crippen LogP contribution is 2.40. The van der Waals surface area contributed by atoms with Gasteiger partial charge in [-0.2, -0.15) is 5.10 Å².